The third-order valence-electron chi connectivity index (χ3n) is 3.91. The van der Waals surface area contributed by atoms with Gasteiger partial charge in [0, 0.05) is 23.9 Å². The van der Waals surface area contributed by atoms with Gasteiger partial charge in [-0.1, -0.05) is 32.9 Å². The van der Waals surface area contributed by atoms with E-state index in [0.717, 1.165) is 5.56 Å². The van der Waals surface area contributed by atoms with E-state index < -0.39 is 0 Å². The Morgan fingerprint density at radius 2 is 1.33 bits per heavy atom. The lowest BCUT2D eigenvalue weighted by Gasteiger charge is -2.19. The zero-order chi connectivity index (χ0) is 20.0. The second-order valence-electron chi connectivity index (χ2n) is 7.32. The first-order valence-corrected chi connectivity index (χ1v) is 8.71. The van der Waals surface area contributed by atoms with Crippen LogP contribution in [0.5, 0.6) is 0 Å². The highest BCUT2D eigenvalue weighted by molar-refractivity contribution is 5.99. The van der Waals surface area contributed by atoms with Gasteiger partial charge in [-0.05, 0) is 47.4 Å². The molecule has 0 radical (unpaired) electrons. The molecule has 6 nitrogen and oxygen atoms in total. The van der Waals surface area contributed by atoms with Crippen molar-refractivity contribution < 1.29 is 14.4 Å². The van der Waals surface area contributed by atoms with Crippen LogP contribution in [-0.4, -0.2) is 24.3 Å². The van der Waals surface area contributed by atoms with Gasteiger partial charge in [0.05, 0.1) is 6.54 Å². The molecule has 2 rings (SSSR count). The minimum atomic E-state index is -0.332. The van der Waals surface area contributed by atoms with Gasteiger partial charge in [0.25, 0.3) is 5.91 Å². The molecule has 142 valence electrons. The van der Waals surface area contributed by atoms with Crippen LogP contribution in [0.3, 0.4) is 0 Å². The maximum absolute atomic E-state index is 12.2. The molecule has 0 bridgehead atoms. The maximum atomic E-state index is 12.2. The lowest BCUT2D eigenvalue weighted by molar-refractivity contribution is -0.115. The Labute approximate surface area is 159 Å². The highest BCUT2D eigenvalue weighted by Crippen LogP contribution is 2.22. The van der Waals surface area contributed by atoms with Crippen molar-refractivity contribution >= 4 is 29.1 Å². The smallest absolute Gasteiger partial charge is 0.251 e. The third-order valence-corrected chi connectivity index (χ3v) is 3.91. The van der Waals surface area contributed by atoms with Gasteiger partial charge >= 0.3 is 0 Å². The molecule has 3 amide bonds. The molecule has 0 unspecified atom stereocenters. The summed E-state index contributed by atoms with van der Waals surface area (Å²) in [6.45, 7) is 7.61. The lowest BCUT2D eigenvalue weighted by atomic mass is 9.87. The van der Waals surface area contributed by atoms with Gasteiger partial charge in [-0.25, -0.2) is 0 Å². The van der Waals surface area contributed by atoms with Crippen LogP contribution in [0.4, 0.5) is 11.4 Å². The van der Waals surface area contributed by atoms with E-state index in [1.54, 1.807) is 36.4 Å². The van der Waals surface area contributed by atoms with Crippen molar-refractivity contribution in [2.45, 2.75) is 33.1 Å². The predicted molar refractivity (Wildman–Crippen MR) is 107 cm³/mol. The number of anilines is 2. The topological polar surface area (TPSA) is 87.3 Å². The van der Waals surface area contributed by atoms with E-state index in [0.29, 0.717) is 16.9 Å². The van der Waals surface area contributed by atoms with Crippen LogP contribution in [0.25, 0.3) is 0 Å². The summed E-state index contributed by atoms with van der Waals surface area (Å²) in [5.41, 5.74) is 2.89. The molecule has 6 heteroatoms. The minimum Gasteiger partial charge on any atom is -0.343 e. The molecule has 3 N–H and O–H groups in total. The van der Waals surface area contributed by atoms with Crippen LogP contribution in [0.1, 0.15) is 43.6 Å². The van der Waals surface area contributed by atoms with E-state index in [2.05, 4.69) is 36.7 Å². The fraction of sp³-hybridized carbons (Fsp3) is 0.286. The van der Waals surface area contributed by atoms with Gasteiger partial charge in [-0.2, -0.15) is 0 Å². The Kier molecular flexibility index (Phi) is 6.34. The normalized spacial score (nSPS) is 10.8. The van der Waals surface area contributed by atoms with Crippen molar-refractivity contribution in [3.63, 3.8) is 0 Å². The predicted octanol–water partition coefficient (Wildman–Crippen LogP) is 3.31. The van der Waals surface area contributed by atoms with Crippen LogP contribution in [0.15, 0.2) is 48.5 Å². The molecule has 0 aromatic heterocycles. The van der Waals surface area contributed by atoms with Crippen molar-refractivity contribution in [2.75, 3.05) is 17.2 Å². The number of amides is 3. The number of hydrogen-bond acceptors (Lipinski definition) is 3. The van der Waals surface area contributed by atoms with Crippen LogP contribution < -0.4 is 16.0 Å². The number of nitrogens with one attached hydrogen (secondary N) is 3. The fourth-order valence-corrected chi connectivity index (χ4v) is 2.43. The molecule has 0 aliphatic carbocycles. The minimum absolute atomic E-state index is 0.0182. The maximum Gasteiger partial charge on any atom is 0.251 e. The quantitative estimate of drug-likeness (QED) is 0.758. The zero-order valence-corrected chi connectivity index (χ0v) is 16.1. The summed E-state index contributed by atoms with van der Waals surface area (Å²) in [6.07, 6.45) is 0. The number of carbonyl (C=O) groups excluding carboxylic acids is 3. The van der Waals surface area contributed by atoms with Gasteiger partial charge in [0.1, 0.15) is 0 Å². The summed E-state index contributed by atoms with van der Waals surface area (Å²) in [4.78, 5) is 35.2. The van der Waals surface area contributed by atoms with Crippen LogP contribution in [-0.2, 0) is 15.0 Å². The molecule has 0 fully saturated rings. The van der Waals surface area contributed by atoms with E-state index >= 15 is 0 Å². The Bertz CT molecular complexity index is 819. The highest BCUT2D eigenvalue weighted by atomic mass is 16.2. The first-order chi connectivity index (χ1) is 12.6. The van der Waals surface area contributed by atoms with Gasteiger partial charge in [-0.15, -0.1) is 0 Å². The molecule has 0 heterocycles. The number of hydrogen-bond donors (Lipinski definition) is 3. The molecule has 2 aromatic rings. The molecule has 0 saturated carbocycles. The highest BCUT2D eigenvalue weighted by Gasteiger charge is 2.14. The number of benzene rings is 2. The second kappa shape index (κ2) is 8.49. The van der Waals surface area contributed by atoms with E-state index in [4.69, 9.17) is 0 Å². The molecule has 0 aliphatic heterocycles. The fourth-order valence-electron chi connectivity index (χ4n) is 2.43. The number of rotatable bonds is 5. The Morgan fingerprint density at radius 3 is 1.81 bits per heavy atom. The molecular formula is C21H25N3O3. The largest absolute Gasteiger partial charge is 0.343 e. The van der Waals surface area contributed by atoms with Gasteiger partial charge < -0.3 is 16.0 Å². The van der Waals surface area contributed by atoms with Crippen molar-refractivity contribution in [3.8, 4) is 0 Å². The molecule has 0 aliphatic rings. The average molecular weight is 367 g/mol. The summed E-state index contributed by atoms with van der Waals surface area (Å²) in [5.74, 6) is -0.793. The van der Waals surface area contributed by atoms with Crippen molar-refractivity contribution in [1.29, 1.82) is 0 Å². The van der Waals surface area contributed by atoms with Crippen molar-refractivity contribution in [1.82, 2.24) is 5.32 Å². The Balaban J connectivity index is 1.86. The van der Waals surface area contributed by atoms with E-state index in [1.807, 2.05) is 12.1 Å². The molecule has 0 spiro atoms. The van der Waals surface area contributed by atoms with Gasteiger partial charge in [0.15, 0.2) is 0 Å². The monoisotopic (exact) mass is 367 g/mol. The van der Waals surface area contributed by atoms with Crippen LogP contribution in [0.2, 0.25) is 0 Å². The second-order valence-corrected chi connectivity index (χ2v) is 7.32. The van der Waals surface area contributed by atoms with E-state index in [-0.39, 0.29) is 29.7 Å². The number of carbonyl (C=O) groups is 3. The van der Waals surface area contributed by atoms with Crippen LogP contribution in [0, 0.1) is 0 Å². The van der Waals surface area contributed by atoms with E-state index in [1.165, 1.54) is 6.92 Å². The molecule has 0 atom stereocenters. The first-order valence-electron chi connectivity index (χ1n) is 8.71. The summed E-state index contributed by atoms with van der Waals surface area (Å²) in [6, 6.07) is 14.1. The first kappa shape index (κ1) is 20.2. The summed E-state index contributed by atoms with van der Waals surface area (Å²) in [5, 5.41) is 7.95. The molecule has 27 heavy (non-hydrogen) atoms. The van der Waals surface area contributed by atoms with E-state index in [9.17, 15) is 14.4 Å². The Morgan fingerprint density at radius 1 is 0.815 bits per heavy atom. The van der Waals surface area contributed by atoms with Crippen molar-refractivity contribution in [2.24, 2.45) is 0 Å². The molecular weight excluding hydrogens is 342 g/mol. The Hall–Kier alpha value is -3.15. The SMILES string of the molecule is CC(=O)Nc1ccc(NC(=O)CNC(=O)c2ccc(C(C)(C)C)cc2)cc1. The standard InChI is InChI=1S/C21H25N3O3/c1-14(25)23-17-9-11-18(12-10-17)24-19(26)13-22-20(27)15-5-7-16(8-6-15)21(2,3)4/h5-12H,13H2,1-4H3,(H,22,27)(H,23,25)(H,24,26). The van der Waals surface area contributed by atoms with Gasteiger partial charge in [-0.3, -0.25) is 14.4 Å². The van der Waals surface area contributed by atoms with Crippen molar-refractivity contribution in [3.05, 3.63) is 59.7 Å². The lowest BCUT2D eigenvalue weighted by Crippen LogP contribution is -2.32. The zero-order valence-electron chi connectivity index (χ0n) is 16.1. The summed E-state index contributed by atoms with van der Waals surface area (Å²) >= 11 is 0. The average Bonchev–Trinajstić information content (AvgIpc) is 2.60. The molecule has 0 saturated heterocycles. The third kappa shape index (κ3) is 6.26. The van der Waals surface area contributed by atoms with Gasteiger partial charge in [0.2, 0.25) is 11.8 Å². The summed E-state index contributed by atoms with van der Waals surface area (Å²) < 4.78 is 0. The molecule has 2 aromatic carbocycles. The summed E-state index contributed by atoms with van der Waals surface area (Å²) in [7, 11) is 0. The van der Waals surface area contributed by atoms with Crippen LogP contribution >= 0.6 is 0 Å².